The molecule has 2 aliphatic heterocycles. The molecular weight excluding hydrogens is 216 g/mol. The highest BCUT2D eigenvalue weighted by atomic mass is 16.5. The SMILES string of the molecule is CCNC1COCC1CNCC1CCCCO1. The standard InChI is InChI=1S/C13H26N2O2/c1-2-15-13-10-16-9-11(13)7-14-8-12-5-3-4-6-17-12/h11-15H,2-10H2,1H3. The minimum absolute atomic E-state index is 0.434. The molecule has 17 heavy (non-hydrogen) atoms. The minimum Gasteiger partial charge on any atom is -0.379 e. The van der Waals surface area contributed by atoms with Gasteiger partial charge in [0, 0.05) is 31.7 Å². The molecule has 4 heteroatoms. The molecule has 0 aromatic carbocycles. The number of ether oxygens (including phenoxy) is 2. The molecule has 2 aliphatic rings. The van der Waals surface area contributed by atoms with Crippen LogP contribution in [-0.4, -0.2) is 51.6 Å². The van der Waals surface area contributed by atoms with Gasteiger partial charge in [-0.3, -0.25) is 0 Å². The van der Waals surface area contributed by atoms with Gasteiger partial charge in [0.15, 0.2) is 0 Å². The lowest BCUT2D eigenvalue weighted by molar-refractivity contribution is 0.0163. The number of hydrogen-bond acceptors (Lipinski definition) is 4. The Balaban J connectivity index is 1.60. The van der Waals surface area contributed by atoms with Gasteiger partial charge in [-0.2, -0.15) is 0 Å². The summed E-state index contributed by atoms with van der Waals surface area (Å²) >= 11 is 0. The molecule has 3 unspecified atom stereocenters. The van der Waals surface area contributed by atoms with E-state index < -0.39 is 0 Å². The van der Waals surface area contributed by atoms with Gasteiger partial charge in [0.1, 0.15) is 0 Å². The molecule has 0 amide bonds. The van der Waals surface area contributed by atoms with Gasteiger partial charge in [-0.05, 0) is 25.8 Å². The smallest absolute Gasteiger partial charge is 0.0699 e. The number of rotatable bonds is 6. The molecule has 0 aliphatic carbocycles. The molecule has 0 aromatic rings. The molecule has 4 nitrogen and oxygen atoms in total. The topological polar surface area (TPSA) is 42.5 Å². The largest absolute Gasteiger partial charge is 0.379 e. The van der Waals surface area contributed by atoms with E-state index in [2.05, 4.69) is 17.6 Å². The molecule has 0 saturated carbocycles. The molecule has 0 spiro atoms. The van der Waals surface area contributed by atoms with Gasteiger partial charge >= 0.3 is 0 Å². The summed E-state index contributed by atoms with van der Waals surface area (Å²) in [6.07, 6.45) is 4.20. The van der Waals surface area contributed by atoms with E-state index in [1.807, 2.05) is 0 Å². The lowest BCUT2D eigenvalue weighted by atomic mass is 10.0. The van der Waals surface area contributed by atoms with Gasteiger partial charge in [0.2, 0.25) is 0 Å². The Kier molecular flexibility index (Phi) is 5.71. The van der Waals surface area contributed by atoms with Crippen LogP contribution in [0, 0.1) is 5.92 Å². The average Bonchev–Trinajstić information content (AvgIpc) is 2.79. The van der Waals surface area contributed by atoms with Crippen molar-refractivity contribution in [1.29, 1.82) is 0 Å². The predicted octanol–water partition coefficient (Wildman–Crippen LogP) is 0.770. The third kappa shape index (κ3) is 4.21. The van der Waals surface area contributed by atoms with Crippen LogP contribution in [0.4, 0.5) is 0 Å². The van der Waals surface area contributed by atoms with Crippen LogP contribution in [-0.2, 0) is 9.47 Å². The molecule has 2 heterocycles. The second-order valence-electron chi connectivity index (χ2n) is 5.11. The normalized spacial score (nSPS) is 34.1. The van der Waals surface area contributed by atoms with Crippen LogP contribution in [0.3, 0.4) is 0 Å². The molecule has 0 aromatic heterocycles. The highest BCUT2D eigenvalue weighted by molar-refractivity contribution is 4.82. The second-order valence-corrected chi connectivity index (χ2v) is 5.11. The summed E-state index contributed by atoms with van der Waals surface area (Å²) in [7, 11) is 0. The summed E-state index contributed by atoms with van der Waals surface area (Å²) < 4.78 is 11.2. The molecular formula is C13H26N2O2. The van der Waals surface area contributed by atoms with E-state index in [4.69, 9.17) is 9.47 Å². The first-order chi connectivity index (χ1) is 8.40. The minimum atomic E-state index is 0.434. The van der Waals surface area contributed by atoms with E-state index in [0.29, 0.717) is 18.1 Å². The Hall–Kier alpha value is -0.160. The van der Waals surface area contributed by atoms with Gasteiger partial charge < -0.3 is 20.1 Å². The van der Waals surface area contributed by atoms with Gasteiger partial charge in [-0.15, -0.1) is 0 Å². The fourth-order valence-corrected chi connectivity index (χ4v) is 2.69. The molecule has 2 saturated heterocycles. The Morgan fingerprint density at radius 2 is 2.12 bits per heavy atom. The van der Waals surface area contributed by atoms with Crippen molar-refractivity contribution in [1.82, 2.24) is 10.6 Å². The van der Waals surface area contributed by atoms with Crippen molar-refractivity contribution in [3.8, 4) is 0 Å². The fourth-order valence-electron chi connectivity index (χ4n) is 2.69. The lowest BCUT2D eigenvalue weighted by Gasteiger charge is -2.24. The van der Waals surface area contributed by atoms with Crippen molar-refractivity contribution in [3.05, 3.63) is 0 Å². The summed E-state index contributed by atoms with van der Waals surface area (Å²) in [4.78, 5) is 0. The van der Waals surface area contributed by atoms with Crippen LogP contribution < -0.4 is 10.6 Å². The monoisotopic (exact) mass is 242 g/mol. The maximum atomic E-state index is 5.71. The highest BCUT2D eigenvalue weighted by Crippen LogP contribution is 2.14. The van der Waals surface area contributed by atoms with Crippen LogP contribution in [0.25, 0.3) is 0 Å². The maximum absolute atomic E-state index is 5.71. The van der Waals surface area contributed by atoms with E-state index in [1.165, 1.54) is 19.3 Å². The number of hydrogen-bond donors (Lipinski definition) is 2. The van der Waals surface area contributed by atoms with Crippen LogP contribution in [0.1, 0.15) is 26.2 Å². The van der Waals surface area contributed by atoms with Crippen molar-refractivity contribution in [2.75, 3.05) is 39.5 Å². The lowest BCUT2D eigenvalue weighted by Crippen LogP contribution is -2.42. The Labute approximate surface area is 104 Å². The molecule has 0 bridgehead atoms. The summed E-state index contributed by atoms with van der Waals surface area (Å²) in [6.45, 7) is 7.90. The van der Waals surface area contributed by atoms with Crippen molar-refractivity contribution in [3.63, 3.8) is 0 Å². The van der Waals surface area contributed by atoms with Crippen molar-refractivity contribution in [2.24, 2.45) is 5.92 Å². The van der Waals surface area contributed by atoms with Crippen LogP contribution >= 0.6 is 0 Å². The Morgan fingerprint density at radius 1 is 1.18 bits per heavy atom. The quantitative estimate of drug-likeness (QED) is 0.722. The summed E-state index contributed by atoms with van der Waals surface area (Å²) in [5.74, 6) is 0.610. The average molecular weight is 242 g/mol. The summed E-state index contributed by atoms with van der Waals surface area (Å²) in [6, 6.07) is 0.528. The molecule has 2 N–H and O–H groups in total. The Morgan fingerprint density at radius 3 is 2.88 bits per heavy atom. The zero-order chi connectivity index (χ0) is 11.9. The van der Waals surface area contributed by atoms with Gasteiger partial charge in [0.25, 0.3) is 0 Å². The van der Waals surface area contributed by atoms with E-state index in [1.54, 1.807) is 0 Å². The van der Waals surface area contributed by atoms with Gasteiger partial charge in [0.05, 0.1) is 19.3 Å². The molecule has 2 fully saturated rings. The number of nitrogens with one attached hydrogen (secondary N) is 2. The van der Waals surface area contributed by atoms with E-state index in [0.717, 1.165) is 39.5 Å². The molecule has 100 valence electrons. The highest BCUT2D eigenvalue weighted by Gasteiger charge is 2.27. The predicted molar refractivity (Wildman–Crippen MR) is 68.2 cm³/mol. The first-order valence-electron chi connectivity index (χ1n) is 7.03. The van der Waals surface area contributed by atoms with Crippen molar-refractivity contribution < 1.29 is 9.47 Å². The van der Waals surface area contributed by atoms with Crippen molar-refractivity contribution >= 4 is 0 Å². The first-order valence-corrected chi connectivity index (χ1v) is 7.03. The third-order valence-electron chi connectivity index (χ3n) is 3.72. The second kappa shape index (κ2) is 7.31. The Bertz CT molecular complexity index is 208. The number of likely N-dealkylation sites (N-methyl/N-ethyl adjacent to an activating group) is 1. The van der Waals surface area contributed by atoms with E-state index in [9.17, 15) is 0 Å². The molecule has 3 atom stereocenters. The van der Waals surface area contributed by atoms with Crippen LogP contribution in [0.15, 0.2) is 0 Å². The van der Waals surface area contributed by atoms with Crippen LogP contribution in [0.2, 0.25) is 0 Å². The maximum Gasteiger partial charge on any atom is 0.0699 e. The zero-order valence-electron chi connectivity index (χ0n) is 10.9. The first kappa shape index (κ1) is 13.3. The third-order valence-corrected chi connectivity index (χ3v) is 3.72. The summed E-state index contributed by atoms with van der Waals surface area (Å²) in [5, 5.41) is 7.03. The summed E-state index contributed by atoms with van der Waals surface area (Å²) in [5.41, 5.74) is 0. The fraction of sp³-hybridized carbons (Fsp3) is 1.00. The molecule has 2 rings (SSSR count). The van der Waals surface area contributed by atoms with Crippen LogP contribution in [0.5, 0.6) is 0 Å². The van der Waals surface area contributed by atoms with E-state index >= 15 is 0 Å². The van der Waals surface area contributed by atoms with Crippen molar-refractivity contribution in [2.45, 2.75) is 38.3 Å². The molecule has 0 radical (unpaired) electrons. The zero-order valence-corrected chi connectivity index (χ0v) is 10.9. The van der Waals surface area contributed by atoms with E-state index in [-0.39, 0.29) is 0 Å². The van der Waals surface area contributed by atoms with Gasteiger partial charge in [-0.25, -0.2) is 0 Å². The van der Waals surface area contributed by atoms with Gasteiger partial charge in [-0.1, -0.05) is 6.92 Å².